The Hall–Kier alpha value is -2.87. The molecule has 0 fully saturated rings. The van der Waals surface area contributed by atoms with Crippen LogP contribution in [0.3, 0.4) is 0 Å². The SMILES string of the molecule is C/C(=N\NC(=O)Cn1nnc(-c2ccccc2)n1)c1ccc(Br)cc1. The maximum absolute atomic E-state index is 12.0. The smallest absolute Gasteiger partial charge is 0.263 e. The molecule has 0 bridgehead atoms. The van der Waals surface area contributed by atoms with E-state index in [9.17, 15) is 4.79 Å². The molecule has 1 N–H and O–H groups in total. The van der Waals surface area contributed by atoms with Gasteiger partial charge < -0.3 is 0 Å². The fourth-order valence-electron chi connectivity index (χ4n) is 2.08. The van der Waals surface area contributed by atoms with Crippen molar-refractivity contribution in [2.45, 2.75) is 13.5 Å². The van der Waals surface area contributed by atoms with Crippen molar-refractivity contribution in [2.75, 3.05) is 0 Å². The first kappa shape index (κ1) is 17.0. The fraction of sp³-hybridized carbons (Fsp3) is 0.118. The summed E-state index contributed by atoms with van der Waals surface area (Å²) in [5.74, 6) is 0.149. The minimum absolute atomic E-state index is 0.0586. The molecule has 0 aliphatic carbocycles. The molecule has 1 heterocycles. The Kier molecular flexibility index (Phi) is 5.30. The summed E-state index contributed by atoms with van der Waals surface area (Å²) in [7, 11) is 0. The van der Waals surface area contributed by atoms with Crippen LogP contribution in [-0.2, 0) is 11.3 Å². The first-order chi connectivity index (χ1) is 12.1. The lowest BCUT2D eigenvalue weighted by Gasteiger charge is -2.02. The molecule has 0 saturated carbocycles. The number of halogens is 1. The van der Waals surface area contributed by atoms with Gasteiger partial charge in [-0.1, -0.05) is 58.4 Å². The van der Waals surface area contributed by atoms with Crippen LogP contribution in [0.15, 0.2) is 64.2 Å². The van der Waals surface area contributed by atoms with Crippen molar-refractivity contribution in [3.8, 4) is 11.4 Å². The van der Waals surface area contributed by atoms with Crippen molar-refractivity contribution < 1.29 is 4.79 Å². The summed E-state index contributed by atoms with van der Waals surface area (Å²) in [4.78, 5) is 13.2. The third-order valence-corrected chi connectivity index (χ3v) is 3.91. The number of carbonyl (C=O) groups is 1. The summed E-state index contributed by atoms with van der Waals surface area (Å²) in [6, 6.07) is 17.1. The molecule has 0 saturated heterocycles. The predicted molar refractivity (Wildman–Crippen MR) is 97.7 cm³/mol. The summed E-state index contributed by atoms with van der Waals surface area (Å²) < 4.78 is 0.986. The number of nitrogens with one attached hydrogen (secondary N) is 1. The Labute approximate surface area is 152 Å². The van der Waals surface area contributed by atoms with Crippen LogP contribution in [0.25, 0.3) is 11.4 Å². The van der Waals surface area contributed by atoms with E-state index in [2.05, 4.69) is 41.9 Å². The van der Waals surface area contributed by atoms with E-state index in [1.54, 1.807) is 0 Å². The highest BCUT2D eigenvalue weighted by Gasteiger charge is 2.08. The molecule has 1 amide bonds. The lowest BCUT2D eigenvalue weighted by atomic mass is 10.1. The zero-order valence-electron chi connectivity index (χ0n) is 13.4. The van der Waals surface area contributed by atoms with E-state index < -0.39 is 0 Å². The summed E-state index contributed by atoms with van der Waals surface area (Å²) >= 11 is 3.38. The molecule has 3 rings (SSSR count). The number of hydrogen-bond acceptors (Lipinski definition) is 5. The van der Waals surface area contributed by atoms with Crippen molar-refractivity contribution in [1.82, 2.24) is 25.6 Å². The first-order valence-corrected chi connectivity index (χ1v) is 8.33. The molecule has 0 spiro atoms. The van der Waals surface area contributed by atoms with Crippen LogP contribution >= 0.6 is 15.9 Å². The van der Waals surface area contributed by atoms with Gasteiger partial charge in [0.1, 0.15) is 6.54 Å². The van der Waals surface area contributed by atoms with Gasteiger partial charge in [-0.05, 0) is 29.8 Å². The Morgan fingerprint density at radius 3 is 2.60 bits per heavy atom. The molecule has 0 radical (unpaired) electrons. The van der Waals surface area contributed by atoms with E-state index in [1.165, 1.54) is 4.80 Å². The molecule has 126 valence electrons. The third kappa shape index (κ3) is 4.57. The number of tetrazole rings is 1. The van der Waals surface area contributed by atoms with Gasteiger partial charge in [-0.15, -0.1) is 10.2 Å². The standard InChI is InChI=1S/C17H15BrN6O/c1-12(13-7-9-15(18)10-8-13)19-20-16(25)11-24-22-17(21-23-24)14-5-3-2-4-6-14/h2-10H,11H2,1H3,(H,20,25)/b19-12+. The third-order valence-electron chi connectivity index (χ3n) is 3.38. The van der Waals surface area contributed by atoms with Gasteiger partial charge in [0.2, 0.25) is 5.82 Å². The van der Waals surface area contributed by atoms with Crippen LogP contribution < -0.4 is 5.43 Å². The van der Waals surface area contributed by atoms with E-state index in [-0.39, 0.29) is 12.5 Å². The van der Waals surface area contributed by atoms with Gasteiger partial charge in [0, 0.05) is 10.0 Å². The summed E-state index contributed by atoms with van der Waals surface area (Å²) in [6.07, 6.45) is 0. The summed E-state index contributed by atoms with van der Waals surface area (Å²) in [5, 5.41) is 16.1. The zero-order chi connectivity index (χ0) is 17.6. The molecule has 3 aromatic rings. The number of hydrogen-bond donors (Lipinski definition) is 1. The maximum Gasteiger partial charge on any atom is 0.263 e. The average Bonchev–Trinajstić information content (AvgIpc) is 3.09. The van der Waals surface area contributed by atoms with Crippen molar-refractivity contribution in [2.24, 2.45) is 5.10 Å². The lowest BCUT2D eigenvalue weighted by Crippen LogP contribution is -2.25. The van der Waals surface area contributed by atoms with Crippen molar-refractivity contribution in [3.05, 3.63) is 64.6 Å². The molecule has 8 heteroatoms. The second-order valence-electron chi connectivity index (χ2n) is 5.25. The maximum atomic E-state index is 12.0. The zero-order valence-corrected chi connectivity index (χ0v) is 15.0. The fourth-order valence-corrected chi connectivity index (χ4v) is 2.34. The van der Waals surface area contributed by atoms with Gasteiger partial charge in [0.05, 0.1) is 5.71 Å². The number of benzene rings is 2. The molecule has 2 aromatic carbocycles. The Bertz CT molecular complexity index is 889. The van der Waals surface area contributed by atoms with Gasteiger partial charge in [-0.3, -0.25) is 4.79 Å². The molecule has 0 atom stereocenters. The lowest BCUT2D eigenvalue weighted by molar-refractivity contribution is -0.122. The van der Waals surface area contributed by atoms with Crippen LogP contribution in [0.2, 0.25) is 0 Å². The number of hydrazone groups is 1. The van der Waals surface area contributed by atoms with Crippen LogP contribution in [0.5, 0.6) is 0 Å². The Balaban J connectivity index is 1.60. The van der Waals surface area contributed by atoms with Crippen molar-refractivity contribution in [1.29, 1.82) is 0 Å². The number of nitrogens with zero attached hydrogens (tertiary/aromatic N) is 5. The minimum atomic E-state index is -0.325. The van der Waals surface area contributed by atoms with Crippen molar-refractivity contribution in [3.63, 3.8) is 0 Å². The Morgan fingerprint density at radius 1 is 1.16 bits per heavy atom. The van der Waals surface area contributed by atoms with Gasteiger partial charge in [-0.25, -0.2) is 5.43 Å². The quantitative estimate of drug-likeness (QED) is 0.528. The van der Waals surface area contributed by atoms with Crippen LogP contribution in [0.4, 0.5) is 0 Å². The molecule has 1 aromatic heterocycles. The van der Waals surface area contributed by atoms with E-state index in [1.807, 2.05) is 61.5 Å². The molecule has 25 heavy (non-hydrogen) atoms. The first-order valence-electron chi connectivity index (χ1n) is 7.54. The summed E-state index contributed by atoms with van der Waals surface area (Å²) in [6.45, 7) is 1.77. The van der Waals surface area contributed by atoms with Crippen LogP contribution in [0.1, 0.15) is 12.5 Å². The summed E-state index contributed by atoms with van der Waals surface area (Å²) in [5.41, 5.74) is 4.98. The topological polar surface area (TPSA) is 85.1 Å². The van der Waals surface area contributed by atoms with Gasteiger partial charge in [-0.2, -0.15) is 9.90 Å². The Morgan fingerprint density at radius 2 is 1.88 bits per heavy atom. The number of aromatic nitrogens is 4. The number of amides is 1. The van der Waals surface area contributed by atoms with E-state index in [4.69, 9.17) is 0 Å². The highest BCUT2D eigenvalue weighted by Crippen LogP contribution is 2.12. The molecular weight excluding hydrogens is 384 g/mol. The monoisotopic (exact) mass is 398 g/mol. The van der Waals surface area contributed by atoms with Crippen molar-refractivity contribution >= 4 is 27.5 Å². The normalized spacial score (nSPS) is 11.4. The molecular formula is C17H15BrN6O. The number of carbonyl (C=O) groups excluding carboxylic acids is 1. The second-order valence-corrected chi connectivity index (χ2v) is 6.16. The number of rotatable bonds is 5. The largest absolute Gasteiger partial charge is 0.271 e. The van der Waals surface area contributed by atoms with E-state index in [0.29, 0.717) is 11.5 Å². The molecule has 7 nitrogen and oxygen atoms in total. The molecule has 0 aliphatic rings. The predicted octanol–water partition coefficient (Wildman–Crippen LogP) is 2.64. The highest BCUT2D eigenvalue weighted by molar-refractivity contribution is 9.10. The highest BCUT2D eigenvalue weighted by atomic mass is 79.9. The van der Waals surface area contributed by atoms with Gasteiger partial charge in [0.15, 0.2) is 0 Å². The molecule has 0 unspecified atom stereocenters. The van der Waals surface area contributed by atoms with Gasteiger partial charge >= 0.3 is 0 Å². The average molecular weight is 399 g/mol. The molecule has 0 aliphatic heterocycles. The van der Waals surface area contributed by atoms with Crippen LogP contribution in [-0.4, -0.2) is 31.8 Å². The van der Waals surface area contributed by atoms with Gasteiger partial charge in [0.25, 0.3) is 5.91 Å². The van der Waals surface area contributed by atoms with E-state index >= 15 is 0 Å². The van der Waals surface area contributed by atoms with E-state index in [0.717, 1.165) is 15.6 Å². The minimum Gasteiger partial charge on any atom is -0.271 e. The van der Waals surface area contributed by atoms with Crippen LogP contribution in [0, 0.1) is 0 Å². The second kappa shape index (κ2) is 7.80.